The average molecular weight is 303 g/mol. The molecule has 3 heteroatoms. The minimum Gasteiger partial charge on any atom is -0.307 e. The summed E-state index contributed by atoms with van der Waals surface area (Å²) in [5.74, 6) is -0.122. The smallest absolute Gasteiger partial charge is 0.126 e. The lowest BCUT2D eigenvalue weighted by atomic mass is 10.0. The molecule has 0 aliphatic rings. The van der Waals surface area contributed by atoms with Gasteiger partial charge in [0.25, 0.3) is 0 Å². The predicted octanol–water partition coefficient (Wildman–Crippen LogP) is 4.83. The van der Waals surface area contributed by atoms with Crippen molar-refractivity contribution in [3.05, 3.63) is 65.5 Å². The third kappa shape index (κ3) is 4.58. The van der Waals surface area contributed by atoms with Gasteiger partial charge in [0.1, 0.15) is 5.82 Å². The van der Waals surface area contributed by atoms with Gasteiger partial charge in [0.15, 0.2) is 0 Å². The second-order valence-electron chi connectivity index (χ2n) is 5.36. The first kappa shape index (κ1) is 16.1. The molecule has 0 heterocycles. The fourth-order valence-corrected chi connectivity index (χ4v) is 2.88. The lowest BCUT2D eigenvalue weighted by Gasteiger charge is -2.21. The van der Waals surface area contributed by atoms with Crippen molar-refractivity contribution in [2.45, 2.75) is 37.2 Å². The second kappa shape index (κ2) is 7.62. The fourth-order valence-electron chi connectivity index (χ4n) is 2.47. The predicted molar refractivity (Wildman–Crippen MR) is 89.3 cm³/mol. The summed E-state index contributed by atoms with van der Waals surface area (Å²) < 4.78 is 13.7. The largest absolute Gasteiger partial charge is 0.307 e. The van der Waals surface area contributed by atoms with Crippen molar-refractivity contribution in [2.24, 2.45) is 0 Å². The molecule has 0 bridgehead atoms. The summed E-state index contributed by atoms with van der Waals surface area (Å²) in [6.45, 7) is 4.24. The van der Waals surface area contributed by atoms with E-state index in [4.69, 9.17) is 0 Å². The zero-order valence-electron chi connectivity index (χ0n) is 12.8. The minimum atomic E-state index is -0.122. The van der Waals surface area contributed by atoms with E-state index in [0.717, 1.165) is 5.56 Å². The molecule has 112 valence electrons. The van der Waals surface area contributed by atoms with Gasteiger partial charge in [-0.3, -0.25) is 0 Å². The number of rotatable bonds is 6. The van der Waals surface area contributed by atoms with Crippen LogP contribution in [0.4, 0.5) is 4.39 Å². The summed E-state index contributed by atoms with van der Waals surface area (Å²) in [6, 6.07) is 16.0. The Hall–Kier alpha value is -1.32. The van der Waals surface area contributed by atoms with Crippen molar-refractivity contribution in [3.63, 3.8) is 0 Å². The van der Waals surface area contributed by atoms with Gasteiger partial charge in [-0.2, -0.15) is 0 Å². The van der Waals surface area contributed by atoms with Crippen LogP contribution >= 0.6 is 11.8 Å². The molecule has 2 aromatic rings. The van der Waals surface area contributed by atoms with Gasteiger partial charge < -0.3 is 5.32 Å². The van der Waals surface area contributed by atoms with Crippen LogP contribution in [0.5, 0.6) is 0 Å². The first-order valence-corrected chi connectivity index (χ1v) is 8.46. The van der Waals surface area contributed by atoms with E-state index in [1.807, 2.05) is 12.1 Å². The highest BCUT2D eigenvalue weighted by Gasteiger charge is 2.11. The van der Waals surface area contributed by atoms with E-state index in [-0.39, 0.29) is 17.9 Å². The molecule has 2 aromatic carbocycles. The topological polar surface area (TPSA) is 12.0 Å². The Morgan fingerprint density at radius 3 is 2.33 bits per heavy atom. The highest BCUT2D eigenvalue weighted by molar-refractivity contribution is 7.98. The standard InChI is InChI=1S/C18H22FNS/c1-13(12-16-6-4-5-7-18(16)19)20-14(2)15-8-10-17(21-3)11-9-15/h4-11,13-14,20H,12H2,1-3H3. The summed E-state index contributed by atoms with van der Waals surface area (Å²) >= 11 is 1.74. The molecule has 0 spiro atoms. The molecule has 2 unspecified atom stereocenters. The zero-order chi connectivity index (χ0) is 15.2. The van der Waals surface area contributed by atoms with Gasteiger partial charge >= 0.3 is 0 Å². The molecule has 0 aliphatic carbocycles. The number of benzene rings is 2. The van der Waals surface area contributed by atoms with Crippen LogP contribution in [-0.4, -0.2) is 12.3 Å². The SMILES string of the molecule is CSc1ccc(C(C)NC(C)Cc2ccccc2F)cc1. The molecule has 0 radical (unpaired) electrons. The first-order chi connectivity index (χ1) is 10.1. The summed E-state index contributed by atoms with van der Waals surface area (Å²) in [6.07, 6.45) is 2.77. The van der Waals surface area contributed by atoms with Crippen LogP contribution in [0.2, 0.25) is 0 Å². The molecular weight excluding hydrogens is 281 g/mol. The van der Waals surface area contributed by atoms with E-state index in [1.165, 1.54) is 16.5 Å². The molecule has 0 fully saturated rings. The van der Waals surface area contributed by atoms with Crippen molar-refractivity contribution in [1.29, 1.82) is 0 Å². The van der Waals surface area contributed by atoms with Gasteiger partial charge in [0.05, 0.1) is 0 Å². The fraction of sp³-hybridized carbons (Fsp3) is 0.333. The highest BCUT2D eigenvalue weighted by Crippen LogP contribution is 2.19. The summed E-state index contributed by atoms with van der Waals surface area (Å²) in [5.41, 5.74) is 2.02. The monoisotopic (exact) mass is 303 g/mol. The number of halogens is 1. The van der Waals surface area contributed by atoms with E-state index in [0.29, 0.717) is 6.42 Å². The van der Waals surface area contributed by atoms with E-state index in [2.05, 4.69) is 49.7 Å². The van der Waals surface area contributed by atoms with Crippen LogP contribution in [0.15, 0.2) is 53.4 Å². The van der Waals surface area contributed by atoms with Crippen molar-refractivity contribution >= 4 is 11.8 Å². The van der Waals surface area contributed by atoms with E-state index < -0.39 is 0 Å². The van der Waals surface area contributed by atoms with Crippen molar-refractivity contribution < 1.29 is 4.39 Å². The van der Waals surface area contributed by atoms with Gasteiger partial charge in [0.2, 0.25) is 0 Å². The zero-order valence-corrected chi connectivity index (χ0v) is 13.6. The maximum Gasteiger partial charge on any atom is 0.126 e. The third-order valence-corrected chi connectivity index (χ3v) is 4.38. The molecule has 21 heavy (non-hydrogen) atoms. The van der Waals surface area contributed by atoms with Crippen LogP contribution in [0.1, 0.15) is 31.0 Å². The Labute approximate surface area is 131 Å². The molecule has 0 aromatic heterocycles. The van der Waals surface area contributed by atoms with Crippen LogP contribution in [0.3, 0.4) is 0 Å². The molecular formula is C18H22FNS. The van der Waals surface area contributed by atoms with Gasteiger partial charge in [0, 0.05) is 17.0 Å². The van der Waals surface area contributed by atoms with Crippen LogP contribution in [-0.2, 0) is 6.42 Å². The Bertz CT molecular complexity index is 568. The molecule has 1 N–H and O–H groups in total. The van der Waals surface area contributed by atoms with Gasteiger partial charge in [-0.15, -0.1) is 11.8 Å². The molecule has 0 aliphatic heterocycles. The normalized spacial score (nSPS) is 13.9. The van der Waals surface area contributed by atoms with E-state index in [1.54, 1.807) is 17.8 Å². The van der Waals surface area contributed by atoms with Crippen molar-refractivity contribution in [3.8, 4) is 0 Å². The van der Waals surface area contributed by atoms with E-state index in [9.17, 15) is 4.39 Å². The average Bonchev–Trinajstić information content (AvgIpc) is 2.49. The molecule has 2 atom stereocenters. The lowest BCUT2D eigenvalue weighted by Crippen LogP contribution is -2.31. The minimum absolute atomic E-state index is 0.122. The lowest BCUT2D eigenvalue weighted by molar-refractivity contribution is 0.469. The Morgan fingerprint density at radius 2 is 1.71 bits per heavy atom. The summed E-state index contributed by atoms with van der Waals surface area (Å²) in [7, 11) is 0. The van der Waals surface area contributed by atoms with Gasteiger partial charge in [-0.05, 0) is 55.9 Å². The number of hydrogen-bond donors (Lipinski definition) is 1. The molecule has 2 rings (SSSR count). The second-order valence-corrected chi connectivity index (χ2v) is 6.24. The van der Waals surface area contributed by atoms with Crippen LogP contribution in [0.25, 0.3) is 0 Å². The molecule has 0 saturated carbocycles. The third-order valence-electron chi connectivity index (χ3n) is 3.63. The molecule has 1 nitrogen and oxygen atoms in total. The highest BCUT2D eigenvalue weighted by atomic mass is 32.2. The van der Waals surface area contributed by atoms with Crippen molar-refractivity contribution in [2.75, 3.05) is 6.26 Å². The van der Waals surface area contributed by atoms with Gasteiger partial charge in [-0.1, -0.05) is 30.3 Å². The number of thioether (sulfide) groups is 1. The van der Waals surface area contributed by atoms with E-state index >= 15 is 0 Å². The maximum absolute atomic E-state index is 13.7. The number of nitrogens with one attached hydrogen (secondary N) is 1. The number of hydrogen-bond acceptors (Lipinski definition) is 2. The summed E-state index contributed by atoms with van der Waals surface area (Å²) in [5, 5.41) is 3.54. The van der Waals surface area contributed by atoms with Crippen LogP contribution < -0.4 is 5.32 Å². The first-order valence-electron chi connectivity index (χ1n) is 7.23. The Balaban J connectivity index is 1.95. The Morgan fingerprint density at radius 1 is 1.05 bits per heavy atom. The quantitative estimate of drug-likeness (QED) is 0.767. The molecule has 0 saturated heterocycles. The van der Waals surface area contributed by atoms with Crippen LogP contribution in [0, 0.1) is 5.82 Å². The molecule has 0 amide bonds. The van der Waals surface area contributed by atoms with Gasteiger partial charge in [-0.25, -0.2) is 4.39 Å². The van der Waals surface area contributed by atoms with Crippen molar-refractivity contribution in [1.82, 2.24) is 5.32 Å². The maximum atomic E-state index is 13.7. The Kier molecular flexibility index (Phi) is 5.83. The summed E-state index contributed by atoms with van der Waals surface area (Å²) in [4.78, 5) is 1.27.